The van der Waals surface area contributed by atoms with Crippen LogP contribution >= 0.6 is 0 Å². The lowest BCUT2D eigenvalue weighted by Crippen LogP contribution is -2.10. The average Bonchev–Trinajstić information content (AvgIpc) is 3.34. The highest BCUT2D eigenvalue weighted by Gasteiger charge is 2.26. The standard InChI is InChI=1S/C40H26N2/c1-4-14-28(15-5-1)41(29-16-6-2-7-17-29)31-25-35-33-21-11-10-20-32(33)34-22-12-13-27-23-24-36-40(38(27)34)39(35)37(26-31)42(36)30-18-8-3-9-19-30/h1-26H. The molecular formula is C40H26N2. The fourth-order valence-corrected chi connectivity index (χ4v) is 6.96. The van der Waals surface area contributed by atoms with E-state index in [-0.39, 0.29) is 0 Å². The molecule has 196 valence electrons. The van der Waals surface area contributed by atoms with Gasteiger partial charge < -0.3 is 9.47 Å². The van der Waals surface area contributed by atoms with Crippen LogP contribution in [0.4, 0.5) is 17.1 Å². The molecule has 2 nitrogen and oxygen atoms in total. The maximum atomic E-state index is 2.45. The van der Waals surface area contributed by atoms with Crippen LogP contribution in [0.15, 0.2) is 158 Å². The first kappa shape index (κ1) is 23.1. The second-order valence-corrected chi connectivity index (χ2v) is 11.0. The summed E-state index contributed by atoms with van der Waals surface area (Å²) in [5.41, 5.74) is 12.1. The Hall–Kier alpha value is -5.60. The van der Waals surface area contributed by atoms with Crippen LogP contribution in [0.25, 0.3) is 60.5 Å². The summed E-state index contributed by atoms with van der Waals surface area (Å²) in [5.74, 6) is 0. The Balaban J connectivity index is 1.50. The molecule has 7 aromatic carbocycles. The molecule has 0 bridgehead atoms. The molecule has 0 spiro atoms. The van der Waals surface area contributed by atoms with Crippen LogP contribution in [0.1, 0.15) is 0 Å². The molecule has 1 aliphatic rings. The minimum absolute atomic E-state index is 1.13. The topological polar surface area (TPSA) is 8.17 Å². The van der Waals surface area contributed by atoms with Crippen LogP contribution in [-0.4, -0.2) is 4.57 Å². The lowest BCUT2D eigenvalue weighted by molar-refractivity contribution is 1.18. The second-order valence-electron chi connectivity index (χ2n) is 11.0. The largest absolute Gasteiger partial charge is 0.310 e. The summed E-state index contributed by atoms with van der Waals surface area (Å²) in [6, 6.07) is 57.2. The second kappa shape index (κ2) is 8.95. The van der Waals surface area contributed by atoms with Crippen molar-refractivity contribution in [3.63, 3.8) is 0 Å². The molecule has 0 N–H and O–H groups in total. The molecular weight excluding hydrogens is 508 g/mol. The fraction of sp³-hybridized carbons (Fsp3) is 0. The van der Waals surface area contributed by atoms with Crippen molar-refractivity contribution in [1.82, 2.24) is 4.57 Å². The number of para-hydroxylation sites is 3. The van der Waals surface area contributed by atoms with Crippen LogP contribution in [0.3, 0.4) is 0 Å². The number of hydrogen-bond acceptors (Lipinski definition) is 1. The van der Waals surface area contributed by atoms with Crippen molar-refractivity contribution >= 4 is 49.6 Å². The summed E-state index contributed by atoms with van der Waals surface area (Å²) in [4.78, 5) is 2.37. The first-order valence-electron chi connectivity index (χ1n) is 14.5. The predicted molar refractivity (Wildman–Crippen MR) is 177 cm³/mol. The van der Waals surface area contributed by atoms with Crippen LogP contribution < -0.4 is 4.90 Å². The molecule has 42 heavy (non-hydrogen) atoms. The maximum absolute atomic E-state index is 2.45. The highest BCUT2D eigenvalue weighted by atomic mass is 15.1. The summed E-state index contributed by atoms with van der Waals surface area (Å²) >= 11 is 0. The normalized spacial score (nSPS) is 11.8. The van der Waals surface area contributed by atoms with Crippen molar-refractivity contribution in [2.75, 3.05) is 4.90 Å². The molecule has 1 aliphatic carbocycles. The zero-order valence-electron chi connectivity index (χ0n) is 22.9. The number of benzene rings is 7. The van der Waals surface area contributed by atoms with Crippen molar-refractivity contribution in [1.29, 1.82) is 0 Å². The third-order valence-electron chi connectivity index (χ3n) is 8.67. The fourth-order valence-electron chi connectivity index (χ4n) is 6.96. The van der Waals surface area contributed by atoms with Gasteiger partial charge in [-0.05, 0) is 87.6 Å². The molecule has 0 amide bonds. The first-order chi connectivity index (χ1) is 20.9. The van der Waals surface area contributed by atoms with E-state index in [1.54, 1.807) is 0 Å². The van der Waals surface area contributed by atoms with Gasteiger partial charge in [0.1, 0.15) is 0 Å². The minimum Gasteiger partial charge on any atom is -0.310 e. The van der Waals surface area contributed by atoms with Gasteiger partial charge in [0.2, 0.25) is 0 Å². The van der Waals surface area contributed by atoms with Gasteiger partial charge in [-0.2, -0.15) is 0 Å². The van der Waals surface area contributed by atoms with E-state index in [4.69, 9.17) is 0 Å². The quantitative estimate of drug-likeness (QED) is 0.218. The van der Waals surface area contributed by atoms with Crippen LogP contribution in [-0.2, 0) is 0 Å². The highest BCUT2D eigenvalue weighted by molar-refractivity contribution is 6.30. The summed E-state index contributed by atoms with van der Waals surface area (Å²) in [5, 5.41) is 5.23. The van der Waals surface area contributed by atoms with Gasteiger partial charge in [-0.15, -0.1) is 0 Å². The third kappa shape index (κ3) is 3.27. The number of fused-ring (bicyclic) bond motifs is 3. The molecule has 1 heterocycles. The van der Waals surface area contributed by atoms with Crippen molar-refractivity contribution < 1.29 is 0 Å². The monoisotopic (exact) mass is 534 g/mol. The van der Waals surface area contributed by atoms with E-state index in [0.717, 1.165) is 22.7 Å². The average molecular weight is 535 g/mol. The van der Waals surface area contributed by atoms with E-state index >= 15 is 0 Å². The van der Waals surface area contributed by atoms with E-state index in [2.05, 4.69) is 167 Å². The lowest BCUT2D eigenvalue weighted by Gasteiger charge is -2.26. The van der Waals surface area contributed by atoms with E-state index in [9.17, 15) is 0 Å². The summed E-state index contributed by atoms with van der Waals surface area (Å²) in [6.07, 6.45) is 0. The van der Waals surface area contributed by atoms with Gasteiger partial charge in [0.15, 0.2) is 0 Å². The summed E-state index contributed by atoms with van der Waals surface area (Å²) < 4.78 is 2.45. The van der Waals surface area contributed by atoms with Gasteiger partial charge in [-0.25, -0.2) is 0 Å². The summed E-state index contributed by atoms with van der Waals surface area (Å²) in [6.45, 7) is 0. The molecule has 9 rings (SSSR count). The smallest absolute Gasteiger partial charge is 0.0568 e. The van der Waals surface area contributed by atoms with Gasteiger partial charge >= 0.3 is 0 Å². The SMILES string of the molecule is c1ccc(N(c2ccccc2)c2cc3c4c5c6c(cccc6ccc5n(-c5ccccc5)c4c2)-c2ccccc2-3)cc1. The number of rotatable bonds is 4. The number of hydrogen-bond donors (Lipinski definition) is 0. The molecule has 0 saturated carbocycles. The van der Waals surface area contributed by atoms with E-state index < -0.39 is 0 Å². The molecule has 8 aromatic rings. The van der Waals surface area contributed by atoms with Crippen LogP contribution in [0, 0.1) is 0 Å². The molecule has 0 radical (unpaired) electrons. The minimum atomic E-state index is 1.13. The number of nitrogens with zero attached hydrogens (tertiary/aromatic N) is 2. The Morgan fingerprint density at radius 2 is 0.952 bits per heavy atom. The molecule has 2 heteroatoms. The zero-order chi connectivity index (χ0) is 27.6. The van der Waals surface area contributed by atoms with Gasteiger partial charge in [0.05, 0.1) is 11.0 Å². The molecule has 0 saturated heterocycles. The lowest BCUT2D eigenvalue weighted by atomic mass is 9.93. The molecule has 0 fully saturated rings. The third-order valence-corrected chi connectivity index (χ3v) is 8.67. The van der Waals surface area contributed by atoms with Crippen LogP contribution in [0.5, 0.6) is 0 Å². The Bertz CT molecular complexity index is 2240. The molecule has 0 atom stereocenters. The Labute approximate surface area is 244 Å². The van der Waals surface area contributed by atoms with E-state index in [1.807, 2.05) is 0 Å². The van der Waals surface area contributed by atoms with Crippen molar-refractivity contribution in [2.24, 2.45) is 0 Å². The Kier molecular flexibility index (Phi) is 4.93. The first-order valence-corrected chi connectivity index (χ1v) is 14.5. The predicted octanol–water partition coefficient (Wildman–Crippen LogP) is 11.1. The van der Waals surface area contributed by atoms with Crippen molar-refractivity contribution in [3.8, 4) is 27.9 Å². The molecule has 1 aromatic heterocycles. The van der Waals surface area contributed by atoms with E-state index in [0.29, 0.717) is 0 Å². The van der Waals surface area contributed by atoms with Gasteiger partial charge in [0.25, 0.3) is 0 Å². The maximum Gasteiger partial charge on any atom is 0.0568 e. The van der Waals surface area contributed by atoms with Crippen molar-refractivity contribution in [2.45, 2.75) is 0 Å². The van der Waals surface area contributed by atoms with Gasteiger partial charge in [0, 0.05) is 33.5 Å². The van der Waals surface area contributed by atoms with Crippen molar-refractivity contribution in [3.05, 3.63) is 158 Å². The van der Waals surface area contributed by atoms with Gasteiger partial charge in [-0.3, -0.25) is 0 Å². The molecule has 0 aliphatic heterocycles. The highest BCUT2D eigenvalue weighted by Crippen LogP contribution is 2.51. The van der Waals surface area contributed by atoms with Gasteiger partial charge in [-0.1, -0.05) is 103 Å². The summed E-state index contributed by atoms with van der Waals surface area (Å²) in [7, 11) is 0. The Morgan fingerprint density at radius 1 is 0.357 bits per heavy atom. The number of aromatic nitrogens is 1. The van der Waals surface area contributed by atoms with E-state index in [1.165, 1.54) is 54.8 Å². The Morgan fingerprint density at radius 3 is 1.64 bits per heavy atom. The number of anilines is 3. The molecule has 0 unspecified atom stereocenters. The zero-order valence-corrected chi connectivity index (χ0v) is 22.9. The van der Waals surface area contributed by atoms with Crippen LogP contribution in [0.2, 0.25) is 0 Å².